The SMILES string of the molecule is O=C(O)c1ccc(Cl)cc1N(C1CCS(=O)(=O)CC1)S(=O)[O-]. The molecule has 1 N–H and O–H groups in total. The molecule has 10 heteroatoms. The van der Waals surface area contributed by atoms with E-state index in [0.717, 1.165) is 4.31 Å². The van der Waals surface area contributed by atoms with Gasteiger partial charge in [0.25, 0.3) is 0 Å². The van der Waals surface area contributed by atoms with Crippen LogP contribution in [-0.2, 0) is 21.1 Å². The van der Waals surface area contributed by atoms with Crippen LogP contribution in [-0.4, -0.2) is 45.8 Å². The Morgan fingerprint density at radius 3 is 2.45 bits per heavy atom. The van der Waals surface area contributed by atoms with Gasteiger partial charge >= 0.3 is 5.97 Å². The molecule has 0 aliphatic carbocycles. The van der Waals surface area contributed by atoms with Gasteiger partial charge < -0.3 is 9.66 Å². The maximum absolute atomic E-state index is 11.6. The molecule has 1 aliphatic rings. The number of hydrogen-bond acceptors (Lipinski definition) is 5. The second kappa shape index (κ2) is 6.53. The van der Waals surface area contributed by atoms with Gasteiger partial charge in [-0.25, -0.2) is 13.2 Å². The Bertz CT molecular complexity index is 706. The molecular formula is C12H13ClNO6S2-. The number of rotatable bonds is 4. The fourth-order valence-corrected chi connectivity index (χ4v) is 4.78. The summed E-state index contributed by atoms with van der Waals surface area (Å²) in [4.78, 5) is 11.3. The first-order valence-electron chi connectivity index (χ1n) is 6.33. The Morgan fingerprint density at radius 1 is 1.36 bits per heavy atom. The zero-order valence-corrected chi connectivity index (χ0v) is 13.7. The molecule has 1 saturated heterocycles. The van der Waals surface area contributed by atoms with Crippen molar-refractivity contribution in [1.82, 2.24) is 0 Å². The summed E-state index contributed by atoms with van der Waals surface area (Å²) in [6.07, 6.45) is 0.226. The number of carboxylic acid groups (broad SMARTS) is 1. The largest absolute Gasteiger partial charge is 0.755 e. The van der Waals surface area contributed by atoms with Gasteiger partial charge in [-0.05, 0) is 31.0 Å². The zero-order chi connectivity index (χ0) is 16.5. The number of aromatic carboxylic acids is 1. The molecule has 22 heavy (non-hydrogen) atoms. The Balaban J connectivity index is 2.43. The minimum absolute atomic E-state index is 0.0577. The van der Waals surface area contributed by atoms with Crippen LogP contribution >= 0.6 is 11.6 Å². The van der Waals surface area contributed by atoms with E-state index in [2.05, 4.69) is 0 Å². The van der Waals surface area contributed by atoms with E-state index in [1.54, 1.807) is 0 Å². The summed E-state index contributed by atoms with van der Waals surface area (Å²) in [5.41, 5.74) is -0.264. The Labute approximate surface area is 135 Å². The molecule has 1 heterocycles. The van der Waals surface area contributed by atoms with E-state index in [0.29, 0.717) is 0 Å². The predicted molar refractivity (Wildman–Crippen MR) is 81.5 cm³/mol. The molecule has 1 fully saturated rings. The van der Waals surface area contributed by atoms with Gasteiger partial charge in [0.1, 0.15) is 9.84 Å². The van der Waals surface area contributed by atoms with Crippen LogP contribution in [0.2, 0.25) is 5.02 Å². The van der Waals surface area contributed by atoms with Crippen molar-refractivity contribution in [3.8, 4) is 0 Å². The first-order valence-corrected chi connectivity index (χ1v) is 9.56. The smallest absolute Gasteiger partial charge is 0.337 e. The van der Waals surface area contributed by atoms with Crippen molar-refractivity contribution in [3.05, 3.63) is 28.8 Å². The summed E-state index contributed by atoms with van der Waals surface area (Å²) >= 11 is 3.09. The third-order valence-electron chi connectivity index (χ3n) is 3.44. The normalized spacial score (nSPS) is 19.5. The van der Waals surface area contributed by atoms with Crippen molar-refractivity contribution in [2.24, 2.45) is 0 Å². The van der Waals surface area contributed by atoms with Crippen LogP contribution in [0.15, 0.2) is 18.2 Å². The van der Waals surface area contributed by atoms with Gasteiger partial charge in [0.05, 0.1) is 22.8 Å². The molecule has 1 unspecified atom stereocenters. The molecule has 1 aliphatic heterocycles. The molecule has 0 amide bonds. The topological polar surface area (TPSA) is 115 Å². The number of halogens is 1. The highest BCUT2D eigenvalue weighted by atomic mass is 35.5. The van der Waals surface area contributed by atoms with Crippen LogP contribution < -0.4 is 4.31 Å². The highest BCUT2D eigenvalue weighted by molar-refractivity contribution is 7.91. The summed E-state index contributed by atoms with van der Waals surface area (Å²) in [6.45, 7) is 0. The lowest BCUT2D eigenvalue weighted by atomic mass is 10.1. The van der Waals surface area contributed by atoms with Gasteiger partial charge in [-0.2, -0.15) is 0 Å². The van der Waals surface area contributed by atoms with Crippen LogP contribution in [0.25, 0.3) is 0 Å². The fraction of sp³-hybridized carbons (Fsp3) is 0.417. The molecule has 2 rings (SSSR count). The van der Waals surface area contributed by atoms with E-state index in [9.17, 15) is 27.1 Å². The molecule has 0 saturated carbocycles. The van der Waals surface area contributed by atoms with E-state index in [-0.39, 0.29) is 40.6 Å². The van der Waals surface area contributed by atoms with Crippen molar-refractivity contribution in [3.63, 3.8) is 0 Å². The number of benzene rings is 1. The molecule has 1 aromatic carbocycles. The molecule has 7 nitrogen and oxygen atoms in total. The summed E-state index contributed by atoms with van der Waals surface area (Å²) in [5, 5.41) is 9.40. The van der Waals surface area contributed by atoms with Gasteiger partial charge in [0, 0.05) is 22.3 Å². The second-order valence-electron chi connectivity index (χ2n) is 4.89. The quantitative estimate of drug-likeness (QED) is 0.801. The minimum Gasteiger partial charge on any atom is -0.755 e. The molecular weight excluding hydrogens is 354 g/mol. The third kappa shape index (κ3) is 3.78. The molecule has 0 bridgehead atoms. The monoisotopic (exact) mass is 366 g/mol. The molecule has 0 aromatic heterocycles. The number of carbonyl (C=O) groups is 1. The van der Waals surface area contributed by atoms with Gasteiger partial charge in [-0.1, -0.05) is 11.6 Å². The standard InChI is InChI=1S/C12H14ClNO6S2/c13-8-1-2-10(12(15)16)11(7-8)14(21(17)18)9-3-5-22(19,20)6-4-9/h1-2,7,9H,3-6H2,(H,15,16)(H,17,18)/p-1. The number of carboxylic acids is 1. The van der Waals surface area contributed by atoms with Gasteiger partial charge in [0.2, 0.25) is 0 Å². The highest BCUT2D eigenvalue weighted by Gasteiger charge is 2.31. The number of sulfone groups is 1. The Morgan fingerprint density at radius 2 is 1.95 bits per heavy atom. The van der Waals surface area contributed by atoms with Crippen molar-refractivity contribution in [1.29, 1.82) is 0 Å². The van der Waals surface area contributed by atoms with Crippen LogP contribution in [0, 0.1) is 0 Å². The average molecular weight is 367 g/mol. The van der Waals surface area contributed by atoms with E-state index < -0.39 is 33.1 Å². The van der Waals surface area contributed by atoms with E-state index in [4.69, 9.17) is 11.6 Å². The fourth-order valence-electron chi connectivity index (χ4n) is 2.38. The molecule has 0 radical (unpaired) electrons. The maximum Gasteiger partial charge on any atom is 0.337 e. The number of hydrogen-bond donors (Lipinski definition) is 1. The number of anilines is 1. The van der Waals surface area contributed by atoms with Crippen LogP contribution in [0.3, 0.4) is 0 Å². The minimum atomic E-state index is -3.16. The second-order valence-corrected chi connectivity index (χ2v) is 8.46. The van der Waals surface area contributed by atoms with Gasteiger partial charge in [0.15, 0.2) is 0 Å². The zero-order valence-electron chi connectivity index (χ0n) is 11.3. The maximum atomic E-state index is 11.6. The van der Waals surface area contributed by atoms with Crippen molar-refractivity contribution in [2.45, 2.75) is 18.9 Å². The summed E-state index contributed by atoms with van der Waals surface area (Å²) in [7, 11) is -3.16. The van der Waals surface area contributed by atoms with Crippen LogP contribution in [0.4, 0.5) is 5.69 Å². The third-order valence-corrected chi connectivity index (χ3v) is 6.21. The molecule has 1 atom stereocenters. The highest BCUT2D eigenvalue weighted by Crippen LogP contribution is 2.31. The Hall–Kier alpha value is -1.16. The van der Waals surface area contributed by atoms with E-state index in [1.165, 1.54) is 18.2 Å². The molecule has 122 valence electrons. The summed E-state index contributed by atoms with van der Waals surface area (Å²) < 4.78 is 47.0. The number of nitrogens with zero attached hydrogens (tertiary/aromatic N) is 1. The first kappa shape index (κ1) is 17.2. The Kier molecular flexibility index (Phi) is 5.10. The van der Waals surface area contributed by atoms with Crippen LogP contribution in [0.5, 0.6) is 0 Å². The van der Waals surface area contributed by atoms with E-state index >= 15 is 0 Å². The molecule has 0 spiro atoms. The average Bonchev–Trinajstić information content (AvgIpc) is 2.40. The van der Waals surface area contributed by atoms with Gasteiger partial charge in [-0.15, -0.1) is 0 Å². The van der Waals surface area contributed by atoms with E-state index in [1.807, 2.05) is 0 Å². The predicted octanol–water partition coefficient (Wildman–Crippen LogP) is 1.22. The van der Waals surface area contributed by atoms with Crippen molar-refractivity contribution >= 4 is 44.4 Å². The van der Waals surface area contributed by atoms with Gasteiger partial charge in [-0.3, -0.25) is 8.51 Å². The molecule has 1 aromatic rings. The lowest BCUT2D eigenvalue weighted by Gasteiger charge is -2.37. The summed E-state index contributed by atoms with van der Waals surface area (Å²) in [6, 6.07) is 3.22. The lowest BCUT2D eigenvalue weighted by Crippen LogP contribution is -2.43. The van der Waals surface area contributed by atoms with Crippen molar-refractivity contribution < 1.29 is 27.1 Å². The summed E-state index contributed by atoms with van der Waals surface area (Å²) in [5.74, 6) is -1.55. The van der Waals surface area contributed by atoms with Crippen molar-refractivity contribution in [2.75, 3.05) is 15.8 Å². The first-order chi connectivity index (χ1) is 10.2. The lowest BCUT2D eigenvalue weighted by molar-refractivity contribution is 0.0697. The van der Waals surface area contributed by atoms with Crippen LogP contribution in [0.1, 0.15) is 23.2 Å².